The van der Waals surface area contributed by atoms with Gasteiger partial charge >= 0.3 is 6.03 Å². The first-order chi connectivity index (χ1) is 14.1. The summed E-state index contributed by atoms with van der Waals surface area (Å²) in [6.45, 7) is 0.0191. The molecule has 1 aromatic heterocycles. The van der Waals surface area contributed by atoms with Crippen LogP contribution in [0.15, 0.2) is 63.1 Å². The number of sulfone groups is 1. The fourth-order valence-corrected chi connectivity index (χ4v) is 4.12. The smallest absolute Gasteiger partial charge is 0.338 e. The second kappa shape index (κ2) is 9.16. The maximum absolute atomic E-state index is 11.7. The van der Waals surface area contributed by atoms with Crippen molar-refractivity contribution in [2.45, 2.75) is 10.1 Å². The van der Waals surface area contributed by atoms with Gasteiger partial charge in [-0.1, -0.05) is 27.7 Å². The van der Waals surface area contributed by atoms with Gasteiger partial charge in [-0.05, 0) is 48.5 Å². The van der Waals surface area contributed by atoms with Crippen LogP contribution in [0.1, 0.15) is 0 Å². The lowest BCUT2D eigenvalue weighted by molar-refractivity contribution is -0.0335. The molecule has 3 aromatic rings. The normalized spacial score (nSPS) is 11.4. The molecule has 0 aliphatic carbocycles. The molecule has 30 heavy (non-hydrogen) atoms. The van der Waals surface area contributed by atoms with Gasteiger partial charge in [0.05, 0.1) is 17.1 Å². The number of nitrogens with two attached hydrogens (primary N) is 1. The highest BCUT2D eigenvalue weighted by Crippen LogP contribution is 2.26. The van der Waals surface area contributed by atoms with E-state index in [1.165, 1.54) is 23.9 Å². The standard InChI is InChI=1S/C18H18BrN5O4S2/c1-30(27,28)15-8-2-12(3-9-15)16-21-18(29-11-10-23(26)17(20)25)22-24(16)14-6-4-13(19)5-7-14/h2-9,26H,10-11H2,1H3,(H2,20,25). The maximum atomic E-state index is 11.7. The van der Waals surface area contributed by atoms with Crippen LogP contribution < -0.4 is 5.73 Å². The fourth-order valence-electron chi connectivity index (χ4n) is 2.49. The number of hydroxylamine groups is 2. The highest BCUT2D eigenvalue weighted by Gasteiger charge is 2.16. The molecule has 1 heterocycles. The first kappa shape index (κ1) is 22.3. The van der Waals surface area contributed by atoms with E-state index in [4.69, 9.17) is 5.73 Å². The minimum atomic E-state index is -3.31. The summed E-state index contributed by atoms with van der Waals surface area (Å²) in [7, 11) is -3.31. The Hall–Kier alpha value is -2.41. The van der Waals surface area contributed by atoms with Crippen molar-refractivity contribution in [3.63, 3.8) is 0 Å². The molecular weight excluding hydrogens is 494 g/mol. The van der Waals surface area contributed by atoms with Gasteiger partial charge in [0.1, 0.15) is 0 Å². The Kier molecular flexibility index (Phi) is 6.81. The molecule has 2 aromatic carbocycles. The molecule has 2 amide bonds. The molecule has 3 rings (SSSR count). The van der Waals surface area contributed by atoms with Crippen LogP contribution in [0.3, 0.4) is 0 Å². The van der Waals surface area contributed by atoms with Crippen LogP contribution in [0, 0.1) is 0 Å². The van der Waals surface area contributed by atoms with E-state index in [9.17, 15) is 18.4 Å². The van der Waals surface area contributed by atoms with E-state index in [2.05, 4.69) is 26.0 Å². The monoisotopic (exact) mass is 511 g/mol. The average molecular weight is 512 g/mol. The number of primary amides is 1. The van der Waals surface area contributed by atoms with Crippen LogP contribution in [0.2, 0.25) is 0 Å². The Morgan fingerprint density at radius 1 is 1.20 bits per heavy atom. The van der Waals surface area contributed by atoms with Crippen LogP contribution in [0.4, 0.5) is 4.79 Å². The van der Waals surface area contributed by atoms with Crippen LogP contribution in [0.5, 0.6) is 0 Å². The Bertz CT molecular complexity index is 1150. The molecule has 0 fully saturated rings. The third kappa shape index (κ3) is 5.39. The van der Waals surface area contributed by atoms with Crippen LogP contribution >= 0.6 is 27.7 Å². The number of rotatable bonds is 7. The minimum absolute atomic E-state index is 0.0191. The lowest BCUT2D eigenvalue weighted by atomic mass is 10.2. The van der Waals surface area contributed by atoms with Gasteiger partial charge in [-0.15, -0.1) is 5.10 Å². The Morgan fingerprint density at radius 2 is 1.83 bits per heavy atom. The number of carbonyl (C=O) groups excluding carboxylic acids is 1. The molecule has 0 radical (unpaired) electrons. The summed E-state index contributed by atoms with van der Waals surface area (Å²) >= 11 is 4.64. The molecule has 12 heteroatoms. The number of nitrogens with zero attached hydrogens (tertiary/aromatic N) is 4. The molecule has 0 saturated heterocycles. The number of urea groups is 1. The number of benzene rings is 2. The quantitative estimate of drug-likeness (QED) is 0.283. The summed E-state index contributed by atoms with van der Waals surface area (Å²) in [5.74, 6) is 0.853. The van der Waals surface area contributed by atoms with E-state index in [1.54, 1.807) is 16.8 Å². The number of aromatic nitrogens is 3. The van der Waals surface area contributed by atoms with E-state index < -0.39 is 15.9 Å². The Balaban J connectivity index is 1.94. The van der Waals surface area contributed by atoms with Gasteiger partial charge in [-0.25, -0.2) is 27.9 Å². The largest absolute Gasteiger partial charge is 0.350 e. The van der Waals surface area contributed by atoms with Gasteiger partial charge in [0.2, 0.25) is 5.16 Å². The molecule has 0 atom stereocenters. The molecule has 0 bridgehead atoms. The third-order valence-electron chi connectivity index (χ3n) is 3.99. The second-order valence-corrected chi connectivity index (χ2v) is 10.2. The zero-order valence-corrected chi connectivity index (χ0v) is 19.0. The zero-order chi connectivity index (χ0) is 21.9. The molecule has 3 N–H and O–H groups in total. The minimum Gasteiger partial charge on any atom is -0.350 e. The van der Waals surface area contributed by atoms with Crippen molar-refractivity contribution in [1.82, 2.24) is 19.8 Å². The lowest BCUT2D eigenvalue weighted by Crippen LogP contribution is -2.34. The highest BCUT2D eigenvalue weighted by atomic mass is 79.9. The summed E-state index contributed by atoms with van der Waals surface area (Å²) in [6.07, 6.45) is 1.15. The molecular formula is C18H18BrN5O4S2. The van der Waals surface area contributed by atoms with Gasteiger partial charge in [0.15, 0.2) is 15.7 Å². The van der Waals surface area contributed by atoms with Crippen molar-refractivity contribution in [2.24, 2.45) is 5.73 Å². The number of thioether (sulfide) groups is 1. The number of hydrogen-bond acceptors (Lipinski definition) is 7. The molecule has 0 unspecified atom stereocenters. The Labute approximate surface area is 185 Å². The van der Waals surface area contributed by atoms with Gasteiger partial charge in [-0.3, -0.25) is 5.21 Å². The van der Waals surface area contributed by atoms with E-state index in [1.807, 2.05) is 24.3 Å². The van der Waals surface area contributed by atoms with E-state index in [-0.39, 0.29) is 11.4 Å². The van der Waals surface area contributed by atoms with Crippen molar-refractivity contribution in [3.05, 3.63) is 53.0 Å². The Morgan fingerprint density at radius 3 is 2.40 bits per heavy atom. The van der Waals surface area contributed by atoms with Gasteiger partial charge in [-0.2, -0.15) is 0 Å². The summed E-state index contributed by atoms with van der Waals surface area (Å²) in [5, 5.41) is 14.8. The molecule has 0 aliphatic heterocycles. The van der Waals surface area contributed by atoms with Crippen LogP contribution in [-0.4, -0.2) is 58.0 Å². The molecule has 9 nitrogen and oxygen atoms in total. The first-order valence-corrected chi connectivity index (χ1v) is 12.2. The number of carbonyl (C=O) groups is 1. The van der Waals surface area contributed by atoms with Crippen molar-refractivity contribution in [3.8, 4) is 17.1 Å². The second-order valence-electron chi connectivity index (χ2n) is 6.21. The average Bonchev–Trinajstić information content (AvgIpc) is 3.12. The van der Waals surface area contributed by atoms with E-state index in [0.29, 0.717) is 27.4 Å². The third-order valence-corrected chi connectivity index (χ3v) is 6.46. The summed E-state index contributed by atoms with van der Waals surface area (Å²) in [4.78, 5) is 15.7. The number of halogens is 1. The SMILES string of the molecule is CS(=O)(=O)c1ccc(-c2nc(SCCN(O)C(N)=O)nn2-c2ccc(Br)cc2)cc1. The van der Waals surface area contributed by atoms with Gasteiger partial charge in [0, 0.05) is 22.0 Å². The van der Waals surface area contributed by atoms with Crippen molar-refractivity contribution in [1.29, 1.82) is 0 Å². The molecule has 0 saturated carbocycles. The summed E-state index contributed by atoms with van der Waals surface area (Å²) in [6, 6.07) is 12.9. The predicted octanol–water partition coefficient (Wildman–Crippen LogP) is 2.96. The van der Waals surface area contributed by atoms with Crippen molar-refractivity contribution >= 4 is 43.6 Å². The zero-order valence-electron chi connectivity index (χ0n) is 15.8. The molecule has 0 spiro atoms. The highest BCUT2D eigenvalue weighted by molar-refractivity contribution is 9.10. The van der Waals surface area contributed by atoms with Crippen LogP contribution in [-0.2, 0) is 9.84 Å². The predicted molar refractivity (Wildman–Crippen MR) is 116 cm³/mol. The van der Waals surface area contributed by atoms with Gasteiger partial charge < -0.3 is 5.73 Å². The fraction of sp³-hybridized carbons (Fsp3) is 0.167. The first-order valence-electron chi connectivity index (χ1n) is 8.57. The lowest BCUT2D eigenvalue weighted by Gasteiger charge is -2.09. The maximum Gasteiger partial charge on any atom is 0.338 e. The summed E-state index contributed by atoms with van der Waals surface area (Å²) in [5.41, 5.74) is 6.45. The van der Waals surface area contributed by atoms with E-state index >= 15 is 0 Å². The number of hydrogen-bond donors (Lipinski definition) is 2. The number of amides is 2. The molecule has 0 aliphatic rings. The van der Waals surface area contributed by atoms with Crippen LogP contribution in [0.25, 0.3) is 17.1 Å². The topological polar surface area (TPSA) is 131 Å². The van der Waals surface area contributed by atoms with Gasteiger partial charge in [0.25, 0.3) is 0 Å². The summed E-state index contributed by atoms with van der Waals surface area (Å²) < 4.78 is 26.0. The van der Waals surface area contributed by atoms with Crippen molar-refractivity contribution in [2.75, 3.05) is 18.6 Å². The van der Waals surface area contributed by atoms with E-state index in [0.717, 1.165) is 16.4 Å². The van der Waals surface area contributed by atoms with Crippen molar-refractivity contribution < 1.29 is 18.4 Å². The molecule has 158 valence electrons.